The van der Waals surface area contributed by atoms with Crippen LogP contribution in [0, 0.1) is 5.92 Å². The lowest BCUT2D eigenvalue weighted by Crippen LogP contribution is -2.44. The number of β-amino-alcohol motifs (C(OH)–C–C–N with tert-alkyl or cyclic N) is 1. The van der Waals surface area contributed by atoms with E-state index in [4.69, 9.17) is 5.73 Å². The van der Waals surface area contributed by atoms with Crippen molar-refractivity contribution < 1.29 is 10.2 Å². The lowest BCUT2D eigenvalue weighted by molar-refractivity contribution is 0.121. The predicted molar refractivity (Wildman–Crippen MR) is 73.8 cm³/mol. The number of hydrogen-bond donors (Lipinski definition) is 3. The van der Waals surface area contributed by atoms with Crippen molar-refractivity contribution in [3.63, 3.8) is 0 Å². The molecule has 0 radical (unpaired) electrons. The van der Waals surface area contributed by atoms with E-state index < -0.39 is 6.10 Å². The number of benzene rings is 1. The van der Waals surface area contributed by atoms with E-state index in [1.165, 1.54) is 12.8 Å². The zero-order valence-electron chi connectivity index (χ0n) is 11.1. The molecule has 0 aromatic heterocycles. The van der Waals surface area contributed by atoms with Gasteiger partial charge in [-0.05, 0) is 36.5 Å². The van der Waals surface area contributed by atoms with E-state index in [9.17, 15) is 10.2 Å². The minimum atomic E-state index is -0.511. The summed E-state index contributed by atoms with van der Waals surface area (Å²) in [5, 5.41) is 19.5. The summed E-state index contributed by atoms with van der Waals surface area (Å²) in [6.07, 6.45) is 3.07. The Morgan fingerprint density at radius 2 is 2.11 bits per heavy atom. The lowest BCUT2D eigenvalue weighted by Gasteiger charge is -2.24. The van der Waals surface area contributed by atoms with Gasteiger partial charge in [0.15, 0.2) is 0 Å². The van der Waals surface area contributed by atoms with Crippen molar-refractivity contribution in [3.8, 4) is 5.75 Å². The maximum atomic E-state index is 10.3. The maximum absolute atomic E-state index is 10.3. The quantitative estimate of drug-likeness (QED) is 0.766. The van der Waals surface area contributed by atoms with Gasteiger partial charge in [0.05, 0.1) is 6.10 Å². The molecule has 2 aliphatic rings. The topological polar surface area (TPSA) is 69.7 Å². The molecule has 3 atom stereocenters. The van der Waals surface area contributed by atoms with Gasteiger partial charge in [0, 0.05) is 25.2 Å². The van der Waals surface area contributed by atoms with Crippen LogP contribution in [0.5, 0.6) is 5.75 Å². The fourth-order valence-corrected chi connectivity index (χ4v) is 3.63. The molecule has 4 nitrogen and oxygen atoms in total. The van der Waals surface area contributed by atoms with Crippen molar-refractivity contribution in [2.75, 3.05) is 19.6 Å². The molecule has 0 amide bonds. The number of aliphatic hydroxyl groups excluding tert-OH is 1. The summed E-state index contributed by atoms with van der Waals surface area (Å²) in [5.41, 5.74) is 7.26. The molecule has 0 bridgehead atoms. The molecular formula is C15H22N2O2. The zero-order valence-corrected chi connectivity index (χ0v) is 11.1. The highest BCUT2D eigenvalue weighted by molar-refractivity contribution is 5.27. The van der Waals surface area contributed by atoms with Crippen molar-refractivity contribution in [1.82, 2.24) is 4.90 Å². The smallest absolute Gasteiger partial charge is 0.115 e. The highest BCUT2D eigenvalue weighted by Crippen LogP contribution is 2.40. The van der Waals surface area contributed by atoms with Crippen LogP contribution in [-0.4, -0.2) is 40.3 Å². The molecule has 1 unspecified atom stereocenters. The third-order valence-corrected chi connectivity index (χ3v) is 4.71. The minimum Gasteiger partial charge on any atom is -0.508 e. The normalized spacial score (nSPS) is 32.4. The van der Waals surface area contributed by atoms with Crippen LogP contribution >= 0.6 is 0 Å². The molecule has 1 aromatic rings. The molecule has 2 fully saturated rings. The van der Waals surface area contributed by atoms with Crippen LogP contribution in [0.4, 0.5) is 0 Å². The Balaban J connectivity index is 1.62. The number of likely N-dealkylation sites (tertiary alicyclic amines) is 1. The second kappa shape index (κ2) is 4.78. The number of fused-ring (bicyclic) bond motifs is 1. The van der Waals surface area contributed by atoms with Crippen molar-refractivity contribution in [1.29, 1.82) is 0 Å². The zero-order chi connectivity index (χ0) is 13.5. The molecule has 1 aliphatic heterocycles. The first-order chi connectivity index (χ1) is 9.07. The van der Waals surface area contributed by atoms with Crippen LogP contribution in [0.1, 0.15) is 30.9 Å². The molecule has 3 rings (SSSR count). The average molecular weight is 262 g/mol. The van der Waals surface area contributed by atoms with Crippen LogP contribution in [-0.2, 0) is 0 Å². The molecule has 1 heterocycles. The molecule has 4 heteroatoms. The third kappa shape index (κ3) is 2.48. The Bertz CT molecular complexity index is 448. The number of phenolic OH excluding ortho intramolecular Hbond substituents is 1. The van der Waals surface area contributed by atoms with Crippen molar-refractivity contribution >= 4 is 0 Å². The number of hydrogen-bond acceptors (Lipinski definition) is 4. The number of aromatic hydroxyl groups is 1. The molecule has 1 saturated heterocycles. The Morgan fingerprint density at radius 1 is 1.37 bits per heavy atom. The van der Waals surface area contributed by atoms with E-state index in [-0.39, 0.29) is 11.3 Å². The Morgan fingerprint density at radius 3 is 2.79 bits per heavy atom. The van der Waals surface area contributed by atoms with Crippen LogP contribution in [0.3, 0.4) is 0 Å². The summed E-state index contributed by atoms with van der Waals surface area (Å²) >= 11 is 0. The Labute approximate surface area is 113 Å². The van der Waals surface area contributed by atoms with Gasteiger partial charge < -0.3 is 15.9 Å². The van der Waals surface area contributed by atoms with E-state index in [0.29, 0.717) is 12.5 Å². The molecular weight excluding hydrogens is 240 g/mol. The molecule has 104 valence electrons. The van der Waals surface area contributed by atoms with Gasteiger partial charge >= 0.3 is 0 Å². The van der Waals surface area contributed by atoms with Gasteiger partial charge in [-0.25, -0.2) is 0 Å². The first-order valence-electron chi connectivity index (χ1n) is 7.05. The van der Waals surface area contributed by atoms with Crippen LogP contribution < -0.4 is 5.73 Å². The standard InChI is InChI=1S/C15H22N2O2/c16-15-7-1-2-12(15)8-17(10-15)9-14(19)11-3-5-13(18)6-4-11/h3-6,12,14,18-19H,1-2,7-10,16H2/t12-,14?,15-/m0/s1. The second-order valence-corrected chi connectivity index (χ2v) is 6.12. The van der Waals surface area contributed by atoms with E-state index in [2.05, 4.69) is 4.90 Å². The highest BCUT2D eigenvalue weighted by Gasteiger charge is 2.46. The molecule has 1 aliphatic carbocycles. The van der Waals surface area contributed by atoms with Gasteiger partial charge in [0.1, 0.15) is 5.75 Å². The Kier molecular flexibility index (Phi) is 3.25. The van der Waals surface area contributed by atoms with Gasteiger partial charge in [0.2, 0.25) is 0 Å². The number of aliphatic hydroxyl groups is 1. The SMILES string of the molecule is N[C@]12CCC[C@H]1CN(CC(O)c1ccc(O)cc1)C2. The summed E-state index contributed by atoms with van der Waals surface area (Å²) in [5.74, 6) is 0.826. The van der Waals surface area contributed by atoms with Gasteiger partial charge in [0.25, 0.3) is 0 Å². The summed E-state index contributed by atoms with van der Waals surface area (Å²) in [7, 11) is 0. The fraction of sp³-hybridized carbons (Fsp3) is 0.600. The highest BCUT2D eigenvalue weighted by atomic mass is 16.3. The average Bonchev–Trinajstić information content (AvgIpc) is 2.84. The molecule has 19 heavy (non-hydrogen) atoms. The third-order valence-electron chi connectivity index (χ3n) is 4.71. The Hall–Kier alpha value is -1.10. The monoisotopic (exact) mass is 262 g/mol. The van der Waals surface area contributed by atoms with E-state index >= 15 is 0 Å². The van der Waals surface area contributed by atoms with Crippen LogP contribution in [0.15, 0.2) is 24.3 Å². The lowest BCUT2D eigenvalue weighted by atomic mass is 9.92. The van der Waals surface area contributed by atoms with Crippen molar-refractivity contribution in [2.24, 2.45) is 11.7 Å². The van der Waals surface area contributed by atoms with E-state index in [1.54, 1.807) is 24.3 Å². The van der Waals surface area contributed by atoms with Crippen LogP contribution in [0.2, 0.25) is 0 Å². The molecule has 0 spiro atoms. The van der Waals surface area contributed by atoms with Gasteiger partial charge in [-0.3, -0.25) is 4.90 Å². The fourth-order valence-electron chi connectivity index (χ4n) is 3.63. The van der Waals surface area contributed by atoms with Crippen molar-refractivity contribution in [2.45, 2.75) is 30.9 Å². The first-order valence-corrected chi connectivity index (χ1v) is 7.05. The maximum Gasteiger partial charge on any atom is 0.115 e. The summed E-state index contributed by atoms with van der Waals surface area (Å²) < 4.78 is 0. The number of nitrogens with two attached hydrogens (primary N) is 1. The first kappa shape index (κ1) is 12.9. The largest absolute Gasteiger partial charge is 0.508 e. The second-order valence-electron chi connectivity index (χ2n) is 6.12. The van der Waals surface area contributed by atoms with Crippen LogP contribution in [0.25, 0.3) is 0 Å². The van der Waals surface area contributed by atoms with Gasteiger partial charge in [-0.15, -0.1) is 0 Å². The molecule has 1 aromatic carbocycles. The van der Waals surface area contributed by atoms with Crippen molar-refractivity contribution in [3.05, 3.63) is 29.8 Å². The predicted octanol–water partition coefficient (Wildman–Crippen LogP) is 1.24. The number of phenols is 1. The van der Waals surface area contributed by atoms with Gasteiger partial charge in [-0.1, -0.05) is 18.6 Å². The number of rotatable bonds is 3. The van der Waals surface area contributed by atoms with Gasteiger partial charge in [-0.2, -0.15) is 0 Å². The summed E-state index contributed by atoms with van der Waals surface area (Å²) in [6.45, 7) is 2.53. The van der Waals surface area contributed by atoms with E-state index in [0.717, 1.165) is 25.1 Å². The van der Waals surface area contributed by atoms with E-state index in [1.807, 2.05) is 0 Å². The molecule has 4 N–H and O–H groups in total. The molecule has 1 saturated carbocycles. The number of nitrogens with zero attached hydrogens (tertiary/aromatic N) is 1. The summed E-state index contributed by atoms with van der Waals surface area (Å²) in [4.78, 5) is 2.28. The minimum absolute atomic E-state index is 0.0192. The summed E-state index contributed by atoms with van der Waals surface area (Å²) in [6, 6.07) is 6.77.